The fourth-order valence-corrected chi connectivity index (χ4v) is 2.81. The topological polar surface area (TPSA) is 28.2 Å². The van der Waals surface area contributed by atoms with Crippen molar-refractivity contribution in [3.8, 4) is 0 Å². The van der Waals surface area contributed by atoms with Gasteiger partial charge in [-0.1, -0.05) is 19.9 Å². The van der Waals surface area contributed by atoms with Gasteiger partial charge in [0.1, 0.15) is 0 Å². The van der Waals surface area contributed by atoms with Gasteiger partial charge in [0.2, 0.25) is 0 Å². The predicted octanol–water partition coefficient (Wildman–Crippen LogP) is 2.60. The van der Waals surface area contributed by atoms with Crippen LogP contribution in [0.2, 0.25) is 0 Å². The molecule has 0 aromatic carbocycles. The van der Waals surface area contributed by atoms with Crippen LogP contribution in [0.25, 0.3) is 0 Å². The normalized spacial score (nSPS) is 25.8. The van der Waals surface area contributed by atoms with E-state index in [1.54, 1.807) is 0 Å². The van der Waals surface area contributed by atoms with E-state index in [0.29, 0.717) is 12.0 Å². The van der Waals surface area contributed by atoms with E-state index in [-0.39, 0.29) is 0 Å². The molecule has 2 heterocycles. The highest BCUT2D eigenvalue weighted by Gasteiger charge is 2.18. The molecule has 3 heteroatoms. The Labute approximate surface area is 117 Å². The zero-order valence-corrected chi connectivity index (χ0v) is 12.5. The summed E-state index contributed by atoms with van der Waals surface area (Å²) < 4.78 is 0. The van der Waals surface area contributed by atoms with E-state index in [0.717, 1.165) is 18.8 Å². The highest BCUT2D eigenvalue weighted by Crippen LogP contribution is 2.12. The van der Waals surface area contributed by atoms with Crippen molar-refractivity contribution in [3.05, 3.63) is 29.6 Å². The Kier molecular flexibility index (Phi) is 5.34. The molecule has 1 aromatic heterocycles. The maximum absolute atomic E-state index is 4.63. The third-order valence-electron chi connectivity index (χ3n) is 3.94. The Bertz CT molecular complexity index is 391. The van der Waals surface area contributed by atoms with Gasteiger partial charge < -0.3 is 5.32 Å². The molecule has 1 fully saturated rings. The summed E-state index contributed by atoms with van der Waals surface area (Å²) in [6.07, 6.45) is 2.47. The molecule has 1 aliphatic heterocycles. The van der Waals surface area contributed by atoms with Crippen LogP contribution in [0.4, 0.5) is 0 Å². The van der Waals surface area contributed by atoms with Crippen molar-refractivity contribution in [2.45, 2.75) is 46.2 Å². The van der Waals surface area contributed by atoms with Gasteiger partial charge in [-0.3, -0.25) is 9.88 Å². The summed E-state index contributed by atoms with van der Waals surface area (Å²) >= 11 is 0. The molecule has 106 valence electrons. The number of rotatable bonds is 3. The Morgan fingerprint density at radius 2 is 2.26 bits per heavy atom. The lowest BCUT2D eigenvalue weighted by Crippen LogP contribution is -2.43. The first-order valence-electron chi connectivity index (χ1n) is 7.55. The summed E-state index contributed by atoms with van der Waals surface area (Å²) in [4.78, 5) is 7.19. The molecule has 3 nitrogen and oxygen atoms in total. The van der Waals surface area contributed by atoms with Gasteiger partial charge in [0.05, 0.1) is 5.69 Å². The smallest absolute Gasteiger partial charge is 0.0547 e. The summed E-state index contributed by atoms with van der Waals surface area (Å²) in [5, 5.41) is 3.67. The van der Waals surface area contributed by atoms with E-state index in [1.807, 2.05) is 0 Å². The third-order valence-corrected chi connectivity index (χ3v) is 3.94. The summed E-state index contributed by atoms with van der Waals surface area (Å²) in [6.45, 7) is 11.1. The van der Waals surface area contributed by atoms with E-state index in [9.17, 15) is 0 Å². The zero-order chi connectivity index (χ0) is 13.7. The number of hydrogen-bond acceptors (Lipinski definition) is 3. The second-order valence-electron chi connectivity index (χ2n) is 5.91. The Balaban J connectivity index is 1.97. The van der Waals surface area contributed by atoms with Crippen LogP contribution in [-0.2, 0) is 6.54 Å². The number of pyridine rings is 1. The number of nitrogens with zero attached hydrogens (tertiary/aromatic N) is 2. The van der Waals surface area contributed by atoms with Crippen molar-refractivity contribution >= 4 is 0 Å². The molecule has 0 amide bonds. The van der Waals surface area contributed by atoms with Crippen LogP contribution < -0.4 is 5.32 Å². The van der Waals surface area contributed by atoms with E-state index in [1.165, 1.54) is 31.6 Å². The Morgan fingerprint density at radius 3 is 3.00 bits per heavy atom. The largest absolute Gasteiger partial charge is 0.314 e. The van der Waals surface area contributed by atoms with Crippen LogP contribution in [0.3, 0.4) is 0 Å². The van der Waals surface area contributed by atoms with Crippen molar-refractivity contribution in [1.29, 1.82) is 0 Å². The maximum atomic E-state index is 4.63. The standard InChI is InChI=1S/C16H27N3/c1-4-15-8-9-19(11-13(2)10-17-15)12-16-7-5-6-14(3)18-16/h5-7,13,15,17H,4,8-12H2,1-3H3. The van der Waals surface area contributed by atoms with Crippen LogP contribution in [0.5, 0.6) is 0 Å². The fraction of sp³-hybridized carbons (Fsp3) is 0.688. The molecule has 1 saturated heterocycles. The van der Waals surface area contributed by atoms with Gasteiger partial charge in [0.15, 0.2) is 0 Å². The average molecular weight is 261 g/mol. The van der Waals surface area contributed by atoms with Gasteiger partial charge in [0, 0.05) is 31.4 Å². The monoisotopic (exact) mass is 261 g/mol. The molecule has 0 bridgehead atoms. The highest BCUT2D eigenvalue weighted by atomic mass is 15.1. The van der Waals surface area contributed by atoms with Crippen LogP contribution in [0.15, 0.2) is 18.2 Å². The van der Waals surface area contributed by atoms with Crippen molar-refractivity contribution in [2.75, 3.05) is 19.6 Å². The van der Waals surface area contributed by atoms with Crippen LogP contribution >= 0.6 is 0 Å². The molecule has 0 spiro atoms. The summed E-state index contributed by atoms with van der Waals surface area (Å²) in [7, 11) is 0. The Morgan fingerprint density at radius 1 is 1.42 bits per heavy atom. The summed E-state index contributed by atoms with van der Waals surface area (Å²) in [5.74, 6) is 0.708. The minimum atomic E-state index is 0.677. The summed E-state index contributed by atoms with van der Waals surface area (Å²) in [6, 6.07) is 7.00. The first-order chi connectivity index (χ1) is 9.17. The molecule has 0 radical (unpaired) electrons. The third kappa shape index (κ3) is 4.59. The van der Waals surface area contributed by atoms with Crippen molar-refractivity contribution in [3.63, 3.8) is 0 Å². The molecule has 2 rings (SSSR count). The minimum Gasteiger partial charge on any atom is -0.314 e. The first-order valence-corrected chi connectivity index (χ1v) is 7.55. The van der Waals surface area contributed by atoms with Gasteiger partial charge >= 0.3 is 0 Å². The lowest BCUT2D eigenvalue weighted by atomic mass is 10.0. The van der Waals surface area contributed by atoms with Gasteiger partial charge in [-0.25, -0.2) is 0 Å². The minimum absolute atomic E-state index is 0.677. The predicted molar refractivity (Wildman–Crippen MR) is 80.1 cm³/mol. The van der Waals surface area contributed by atoms with Crippen molar-refractivity contribution in [1.82, 2.24) is 15.2 Å². The molecular weight excluding hydrogens is 234 g/mol. The van der Waals surface area contributed by atoms with Crippen LogP contribution in [-0.4, -0.2) is 35.6 Å². The molecule has 2 atom stereocenters. The molecule has 1 N–H and O–H groups in total. The Hall–Kier alpha value is -0.930. The van der Waals surface area contributed by atoms with E-state index in [2.05, 4.69) is 54.2 Å². The molecule has 19 heavy (non-hydrogen) atoms. The van der Waals surface area contributed by atoms with Gasteiger partial charge in [-0.05, 0) is 44.4 Å². The van der Waals surface area contributed by atoms with Crippen LogP contribution in [0.1, 0.15) is 38.1 Å². The van der Waals surface area contributed by atoms with E-state index in [4.69, 9.17) is 0 Å². The van der Waals surface area contributed by atoms with E-state index >= 15 is 0 Å². The molecule has 2 unspecified atom stereocenters. The molecule has 0 aliphatic carbocycles. The average Bonchev–Trinajstić information content (AvgIpc) is 2.36. The van der Waals surface area contributed by atoms with Crippen molar-refractivity contribution in [2.24, 2.45) is 5.92 Å². The van der Waals surface area contributed by atoms with Gasteiger partial charge in [-0.2, -0.15) is 0 Å². The quantitative estimate of drug-likeness (QED) is 0.906. The molecule has 1 aromatic rings. The SMILES string of the molecule is CCC1CCN(Cc2cccc(C)n2)CC(C)CN1. The number of aryl methyl sites for hydroxylation is 1. The van der Waals surface area contributed by atoms with Crippen LogP contribution in [0, 0.1) is 12.8 Å². The second kappa shape index (κ2) is 7.01. The van der Waals surface area contributed by atoms with Gasteiger partial charge in [0.25, 0.3) is 0 Å². The lowest BCUT2D eigenvalue weighted by molar-refractivity contribution is 0.188. The van der Waals surface area contributed by atoms with Gasteiger partial charge in [-0.15, -0.1) is 0 Å². The number of nitrogens with one attached hydrogen (secondary N) is 1. The first kappa shape index (κ1) is 14.5. The number of aromatic nitrogens is 1. The van der Waals surface area contributed by atoms with E-state index < -0.39 is 0 Å². The molecule has 1 aliphatic rings. The second-order valence-corrected chi connectivity index (χ2v) is 5.91. The maximum Gasteiger partial charge on any atom is 0.0547 e. The fourth-order valence-electron chi connectivity index (χ4n) is 2.81. The molecular formula is C16H27N3. The molecule has 0 saturated carbocycles. The van der Waals surface area contributed by atoms with Crippen molar-refractivity contribution < 1.29 is 0 Å². The zero-order valence-electron chi connectivity index (χ0n) is 12.5. The lowest BCUT2D eigenvalue weighted by Gasteiger charge is -2.31. The number of hydrogen-bond donors (Lipinski definition) is 1. The summed E-state index contributed by atoms with van der Waals surface area (Å²) in [5.41, 5.74) is 2.32. The highest BCUT2D eigenvalue weighted by molar-refractivity contribution is 5.09.